The van der Waals surface area contributed by atoms with Gasteiger partial charge in [-0.25, -0.2) is 13.1 Å². The lowest BCUT2D eigenvalue weighted by Crippen LogP contribution is -2.41. The van der Waals surface area contributed by atoms with Gasteiger partial charge < -0.3 is 14.6 Å². The fourth-order valence-corrected chi connectivity index (χ4v) is 4.14. The Labute approximate surface area is 174 Å². The average molecular weight is 422 g/mol. The normalized spacial score (nSPS) is 21.8. The van der Waals surface area contributed by atoms with E-state index in [-0.39, 0.29) is 6.04 Å². The summed E-state index contributed by atoms with van der Waals surface area (Å²) in [6.07, 6.45) is 6.51. The SMILES string of the molecule is CC1(C)OB(c2ccc(C(=O)NS(C)(=O)=O)c(NC3CCCCC3)c2)OC1(C)C. The molecule has 3 rings (SSSR count). The van der Waals surface area contributed by atoms with Gasteiger partial charge in [0.05, 0.1) is 23.0 Å². The van der Waals surface area contributed by atoms with Crippen LogP contribution in [0.1, 0.15) is 70.2 Å². The van der Waals surface area contributed by atoms with E-state index in [9.17, 15) is 13.2 Å². The number of nitrogens with one attached hydrogen (secondary N) is 2. The number of carbonyl (C=O) groups is 1. The third-order valence-electron chi connectivity index (χ3n) is 6.06. The molecule has 0 unspecified atom stereocenters. The van der Waals surface area contributed by atoms with Gasteiger partial charge in [0.2, 0.25) is 10.0 Å². The average Bonchev–Trinajstić information content (AvgIpc) is 2.82. The molecule has 1 aliphatic carbocycles. The Morgan fingerprint density at radius 2 is 1.66 bits per heavy atom. The molecule has 29 heavy (non-hydrogen) atoms. The van der Waals surface area contributed by atoms with Crippen molar-refractivity contribution in [3.8, 4) is 0 Å². The monoisotopic (exact) mass is 422 g/mol. The number of carbonyl (C=O) groups excluding carboxylic acids is 1. The minimum Gasteiger partial charge on any atom is -0.399 e. The summed E-state index contributed by atoms with van der Waals surface area (Å²) in [5.41, 5.74) is 0.742. The molecule has 1 amide bonds. The Hall–Kier alpha value is -1.58. The van der Waals surface area contributed by atoms with E-state index >= 15 is 0 Å². The van der Waals surface area contributed by atoms with Crippen LogP contribution in [-0.4, -0.2) is 44.9 Å². The van der Waals surface area contributed by atoms with Crippen molar-refractivity contribution in [3.05, 3.63) is 23.8 Å². The third-order valence-corrected chi connectivity index (χ3v) is 6.61. The van der Waals surface area contributed by atoms with Crippen molar-refractivity contribution in [1.82, 2.24) is 4.72 Å². The van der Waals surface area contributed by atoms with Crippen molar-refractivity contribution in [1.29, 1.82) is 0 Å². The van der Waals surface area contributed by atoms with Gasteiger partial charge in [0, 0.05) is 11.7 Å². The molecule has 0 spiro atoms. The van der Waals surface area contributed by atoms with E-state index in [1.165, 1.54) is 6.42 Å². The zero-order chi connectivity index (χ0) is 21.4. The van der Waals surface area contributed by atoms with E-state index in [2.05, 4.69) is 10.0 Å². The quantitative estimate of drug-likeness (QED) is 0.708. The van der Waals surface area contributed by atoms with E-state index < -0.39 is 34.3 Å². The highest BCUT2D eigenvalue weighted by molar-refractivity contribution is 7.89. The van der Waals surface area contributed by atoms with E-state index in [0.717, 1.165) is 37.4 Å². The molecule has 0 bridgehead atoms. The predicted molar refractivity (Wildman–Crippen MR) is 115 cm³/mol. The number of hydrogen-bond acceptors (Lipinski definition) is 6. The largest absolute Gasteiger partial charge is 0.494 e. The third kappa shape index (κ3) is 5.13. The number of benzene rings is 1. The lowest BCUT2D eigenvalue weighted by molar-refractivity contribution is 0.00578. The molecule has 0 radical (unpaired) electrons. The standard InChI is InChI=1S/C20H31BN2O5S/c1-19(2)20(3,4)28-21(27-19)14-11-12-16(18(24)23-29(5,25)26)17(13-14)22-15-9-7-6-8-10-15/h11-13,15,22H,6-10H2,1-5H3,(H,23,24). The van der Waals surface area contributed by atoms with Crippen molar-refractivity contribution in [2.45, 2.75) is 77.0 Å². The van der Waals surface area contributed by atoms with Crippen molar-refractivity contribution in [2.75, 3.05) is 11.6 Å². The summed E-state index contributed by atoms with van der Waals surface area (Å²) in [7, 11) is -4.21. The van der Waals surface area contributed by atoms with Crippen LogP contribution in [0, 0.1) is 0 Å². The molecular formula is C20H31BN2O5S. The number of hydrogen-bond donors (Lipinski definition) is 2. The maximum Gasteiger partial charge on any atom is 0.494 e. The lowest BCUT2D eigenvalue weighted by Gasteiger charge is -2.32. The van der Waals surface area contributed by atoms with Gasteiger partial charge in [-0.05, 0) is 58.1 Å². The van der Waals surface area contributed by atoms with Gasteiger partial charge in [-0.3, -0.25) is 4.79 Å². The molecule has 2 fully saturated rings. The summed E-state index contributed by atoms with van der Waals surface area (Å²) < 4.78 is 37.4. The first-order valence-electron chi connectivity index (χ1n) is 10.2. The summed E-state index contributed by atoms with van der Waals surface area (Å²) in [6.45, 7) is 7.95. The van der Waals surface area contributed by atoms with E-state index in [0.29, 0.717) is 11.3 Å². The first-order chi connectivity index (χ1) is 13.4. The Morgan fingerprint density at radius 1 is 1.07 bits per heavy atom. The molecule has 1 aromatic carbocycles. The Morgan fingerprint density at radius 3 is 2.21 bits per heavy atom. The molecule has 1 aliphatic heterocycles. The first-order valence-corrected chi connectivity index (χ1v) is 12.1. The van der Waals surface area contributed by atoms with Gasteiger partial charge in [-0.15, -0.1) is 0 Å². The van der Waals surface area contributed by atoms with Crippen LogP contribution in [0.4, 0.5) is 5.69 Å². The molecule has 2 aliphatic rings. The minimum absolute atomic E-state index is 0.252. The summed E-state index contributed by atoms with van der Waals surface area (Å²) >= 11 is 0. The van der Waals surface area contributed by atoms with Crippen LogP contribution in [0.2, 0.25) is 0 Å². The van der Waals surface area contributed by atoms with Crippen LogP contribution in [0.3, 0.4) is 0 Å². The first kappa shape index (κ1) is 22.1. The van der Waals surface area contributed by atoms with Crippen molar-refractivity contribution < 1.29 is 22.5 Å². The lowest BCUT2D eigenvalue weighted by atomic mass is 9.78. The van der Waals surface area contributed by atoms with Crippen LogP contribution in [0.15, 0.2) is 18.2 Å². The smallest absolute Gasteiger partial charge is 0.399 e. The molecule has 0 atom stereocenters. The minimum atomic E-state index is -3.65. The highest BCUT2D eigenvalue weighted by atomic mass is 32.2. The molecule has 0 aromatic heterocycles. The van der Waals surface area contributed by atoms with Gasteiger partial charge in [0.15, 0.2) is 0 Å². The second-order valence-electron chi connectivity index (χ2n) is 9.08. The molecule has 7 nitrogen and oxygen atoms in total. The van der Waals surface area contributed by atoms with Crippen LogP contribution < -0.4 is 15.5 Å². The summed E-state index contributed by atoms with van der Waals surface area (Å²) in [4.78, 5) is 12.6. The summed E-state index contributed by atoms with van der Waals surface area (Å²) in [5.74, 6) is -0.647. The Bertz CT molecular complexity index is 863. The van der Waals surface area contributed by atoms with Crippen molar-refractivity contribution >= 4 is 34.2 Å². The van der Waals surface area contributed by atoms with Crippen LogP contribution in [-0.2, 0) is 19.3 Å². The topological polar surface area (TPSA) is 93.7 Å². The zero-order valence-electron chi connectivity index (χ0n) is 17.9. The van der Waals surface area contributed by atoms with Crippen molar-refractivity contribution in [2.24, 2.45) is 0 Å². The molecule has 160 valence electrons. The molecule has 1 aromatic rings. The second-order valence-corrected chi connectivity index (χ2v) is 10.8. The number of amides is 1. The fraction of sp³-hybridized carbons (Fsp3) is 0.650. The van der Waals surface area contributed by atoms with Gasteiger partial charge in [0.1, 0.15) is 0 Å². The second kappa shape index (κ2) is 7.93. The van der Waals surface area contributed by atoms with E-state index in [4.69, 9.17) is 9.31 Å². The summed E-state index contributed by atoms with van der Waals surface area (Å²) in [5, 5.41) is 3.45. The highest BCUT2D eigenvalue weighted by Crippen LogP contribution is 2.36. The highest BCUT2D eigenvalue weighted by Gasteiger charge is 2.51. The molecule has 1 heterocycles. The maximum atomic E-state index is 12.6. The maximum absolute atomic E-state index is 12.6. The van der Waals surface area contributed by atoms with E-state index in [1.807, 2.05) is 33.8 Å². The number of rotatable bonds is 5. The van der Waals surface area contributed by atoms with Crippen LogP contribution in [0.25, 0.3) is 0 Å². The Kier molecular flexibility index (Phi) is 6.04. The van der Waals surface area contributed by atoms with Gasteiger partial charge in [-0.1, -0.05) is 25.3 Å². The van der Waals surface area contributed by atoms with Crippen LogP contribution >= 0.6 is 0 Å². The Balaban J connectivity index is 1.92. The molecule has 1 saturated carbocycles. The molecule has 2 N–H and O–H groups in total. The number of anilines is 1. The fourth-order valence-electron chi connectivity index (χ4n) is 3.70. The number of sulfonamides is 1. The molecular weight excluding hydrogens is 391 g/mol. The van der Waals surface area contributed by atoms with Crippen LogP contribution in [0.5, 0.6) is 0 Å². The molecule has 9 heteroatoms. The van der Waals surface area contributed by atoms with Gasteiger partial charge >= 0.3 is 7.12 Å². The summed E-state index contributed by atoms with van der Waals surface area (Å²) in [6, 6.07) is 5.48. The van der Waals surface area contributed by atoms with Gasteiger partial charge in [0.25, 0.3) is 5.91 Å². The van der Waals surface area contributed by atoms with Crippen molar-refractivity contribution in [3.63, 3.8) is 0 Å². The van der Waals surface area contributed by atoms with E-state index in [1.54, 1.807) is 12.1 Å². The zero-order valence-corrected chi connectivity index (χ0v) is 18.7. The van der Waals surface area contributed by atoms with Gasteiger partial charge in [-0.2, -0.15) is 0 Å². The predicted octanol–water partition coefficient (Wildman–Crippen LogP) is 2.42. The molecule has 1 saturated heterocycles.